The van der Waals surface area contributed by atoms with Crippen LogP contribution in [-0.2, 0) is 13.2 Å². The number of rotatable bonds is 6. The Morgan fingerprint density at radius 2 is 2.22 bits per heavy atom. The smallest absolute Gasteiger partial charge is 0.157 e. The maximum Gasteiger partial charge on any atom is 0.157 e. The Bertz CT molecular complexity index is 487. The van der Waals surface area contributed by atoms with E-state index in [1.165, 1.54) is 0 Å². The van der Waals surface area contributed by atoms with E-state index in [0.29, 0.717) is 12.6 Å². The molecule has 0 aliphatic rings. The molecule has 0 saturated carbocycles. The Hall–Kier alpha value is -1.78. The predicted octanol–water partition coefficient (Wildman–Crippen LogP) is 2.65. The first kappa shape index (κ1) is 12.7. The van der Waals surface area contributed by atoms with Crippen molar-refractivity contribution in [3.05, 3.63) is 30.4 Å². The molecule has 0 atom stereocenters. The van der Waals surface area contributed by atoms with Crippen molar-refractivity contribution in [3.8, 4) is 5.75 Å². The third kappa shape index (κ3) is 3.12. The molecule has 0 saturated heterocycles. The lowest BCUT2D eigenvalue weighted by atomic mass is 10.4. The zero-order valence-corrected chi connectivity index (χ0v) is 11.2. The van der Waals surface area contributed by atoms with Gasteiger partial charge >= 0.3 is 0 Å². The van der Waals surface area contributed by atoms with E-state index in [9.17, 15) is 0 Å². The summed E-state index contributed by atoms with van der Waals surface area (Å²) in [6.07, 6.45) is 6.71. The summed E-state index contributed by atoms with van der Waals surface area (Å²) in [5.74, 6) is 0.794. The van der Waals surface area contributed by atoms with Crippen LogP contribution in [-0.4, -0.2) is 19.6 Å². The molecule has 2 aromatic heterocycles. The van der Waals surface area contributed by atoms with E-state index in [4.69, 9.17) is 4.74 Å². The minimum absolute atomic E-state index is 0.381. The molecule has 18 heavy (non-hydrogen) atoms. The van der Waals surface area contributed by atoms with Gasteiger partial charge in [0.15, 0.2) is 5.75 Å². The summed E-state index contributed by atoms with van der Waals surface area (Å²) < 4.78 is 9.47. The van der Waals surface area contributed by atoms with E-state index >= 15 is 0 Å². The molecule has 2 rings (SSSR count). The summed E-state index contributed by atoms with van der Waals surface area (Å²) in [5.41, 5.74) is 0.937. The van der Waals surface area contributed by atoms with Crippen molar-refractivity contribution in [2.24, 2.45) is 0 Å². The Morgan fingerprint density at radius 1 is 1.39 bits per heavy atom. The van der Waals surface area contributed by atoms with Crippen molar-refractivity contribution in [3.63, 3.8) is 0 Å². The third-order valence-corrected chi connectivity index (χ3v) is 2.64. The monoisotopic (exact) mass is 248 g/mol. The van der Waals surface area contributed by atoms with Crippen LogP contribution in [0.15, 0.2) is 24.7 Å². The standard InChI is InChI=1S/C13H20N4O/c1-4-6-16-9-13(8-14-16)18-10-12-5-7-17(15-12)11(2)3/h5,7-9,11H,4,6,10H2,1-3H3. The van der Waals surface area contributed by atoms with Gasteiger partial charge in [0.05, 0.1) is 18.1 Å². The first-order valence-electron chi connectivity index (χ1n) is 6.38. The van der Waals surface area contributed by atoms with Crippen LogP contribution in [0.2, 0.25) is 0 Å². The summed E-state index contributed by atoms with van der Waals surface area (Å²) in [7, 11) is 0. The van der Waals surface area contributed by atoms with Gasteiger partial charge in [0, 0.05) is 18.8 Å². The van der Waals surface area contributed by atoms with Gasteiger partial charge in [-0.25, -0.2) is 0 Å². The van der Waals surface area contributed by atoms with Crippen molar-refractivity contribution in [2.75, 3.05) is 0 Å². The first-order valence-corrected chi connectivity index (χ1v) is 6.38. The van der Waals surface area contributed by atoms with Crippen molar-refractivity contribution >= 4 is 0 Å². The summed E-state index contributed by atoms with van der Waals surface area (Å²) in [4.78, 5) is 0. The maximum atomic E-state index is 5.65. The van der Waals surface area contributed by atoms with E-state index < -0.39 is 0 Å². The minimum Gasteiger partial charge on any atom is -0.484 e. The van der Waals surface area contributed by atoms with Gasteiger partial charge in [0.2, 0.25) is 0 Å². The lowest BCUT2D eigenvalue weighted by Crippen LogP contribution is -2.03. The highest BCUT2D eigenvalue weighted by Gasteiger charge is 2.04. The fourth-order valence-corrected chi connectivity index (χ4v) is 1.67. The first-order chi connectivity index (χ1) is 8.69. The number of nitrogens with zero attached hydrogens (tertiary/aromatic N) is 4. The molecule has 5 heteroatoms. The van der Waals surface area contributed by atoms with E-state index in [1.54, 1.807) is 6.20 Å². The Kier molecular flexibility index (Phi) is 4.02. The second-order valence-corrected chi connectivity index (χ2v) is 4.61. The molecule has 0 radical (unpaired) electrons. The molecule has 0 aliphatic heterocycles. The molecular formula is C13H20N4O. The van der Waals surface area contributed by atoms with Gasteiger partial charge in [-0.3, -0.25) is 9.36 Å². The van der Waals surface area contributed by atoms with Gasteiger partial charge < -0.3 is 4.74 Å². The molecule has 0 amide bonds. The quantitative estimate of drug-likeness (QED) is 0.789. The third-order valence-electron chi connectivity index (χ3n) is 2.64. The molecule has 5 nitrogen and oxygen atoms in total. The minimum atomic E-state index is 0.381. The summed E-state index contributed by atoms with van der Waals surface area (Å²) in [6, 6.07) is 2.36. The number of hydrogen-bond donors (Lipinski definition) is 0. The average molecular weight is 248 g/mol. The number of hydrogen-bond acceptors (Lipinski definition) is 3. The predicted molar refractivity (Wildman–Crippen MR) is 69.5 cm³/mol. The summed E-state index contributed by atoms with van der Waals surface area (Å²) in [5, 5.41) is 8.65. The lowest BCUT2D eigenvalue weighted by molar-refractivity contribution is 0.298. The largest absolute Gasteiger partial charge is 0.484 e. The van der Waals surface area contributed by atoms with Gasteiger partial charge in [-0.05, 0) is 26.3 Å². The van der Waals surface area contributed by atoms with Gasteiger partial charge in [0.25, 0.3) is 0 Å². The summed E-state index contributed by atoms with van der Waals surface area (Å²) >= 11 is 0. The molecule has 0 aliphatic carbocycles. The zero-order valence-electron chi connectivity index (χ0n) is 11.2. The SMILES string of the molecule is CCCn1cc(OCc2ccn(C(C)C)n2)cn1. The molecule has 0 bridgehead atoms. The van der Waals surface area contributed by atoms with Crippen LogP contribution < -0.4 is 4.74 Å². The lowest BCUT2D eigenvalue weighted by Gasteiger charge is -2.04. The van der Waals surface area contributed by atoms with Crippen LogP contribution >= 0.6 is 0 Å². The Balaban J connectivity index is 1.89. The molecule has 0 aromatic carbocycles. The van der Waals surface area contributed by atoms with E-state index in [2.05, 4.69) is 31.0 Å². The van der Waals surface area contributed by atoms with Crippen molar-refractivity contribution in [1.82, 2.24) is 19.6 Å². The van der Waals surface area contributed by atoms with E-state index in [0.717, 1.165) is 24.4 Å². The molecule has 2 heterocycles. The van der Waals surface area contributed by atoms with Gasteiger partial charge in [-0.1, -0.05) is 6.92 Å². The highest BCUT2D eigenvalue weighted by molar-refractivity contribution is 5.12. The van der Waals surface area contributed by atoms with Crippen LogP contribution in [0.1, 0.15) is 38.9 Å². The molecule has 2 aromatic rings. The Labute approximate surface area is 107 Å². The highest BCUT2D eigenvalue weighted by Crippen LogP contribution is 2.11. The number of aryl methyl sites for hydroxylation is 1. The molecule has 0 unspecified atom stereocenters. The van der Waals surface area contributed by atoms with Crippen LogP contribution in [0.25, 0.3) is 0 Å². The second-order valence-electron chi connectivity index (χ2n) is 4.61. The number of aromatic nitrogens is 4. The van der Waals surface area contributed by atoms with Crippen LogP contribution in [0.4, 0.5) is 0 Å². The zero-order chi connectivity index (χ0) is 13.0. The second kappa shape index (κ2) is 5.71. The Morgan fingerprint density at radius 3 is 2.89 bits per heavy atom. The van der Waals surface area contributed by atoms with E-state index in [-0.39, 0.29) is 0 Å². The van der Waals surface area contributed by atoms with Gasteiger partial charge in [-0.15, -0.1) is 0 Å². The normalized spacial score (nSPS) is 11.1. The van der Waals surface area contributed by atoms with Crippen LogP contribution in [0.5, 0.6) is 5.75 Å². The van der Waals surface area contributed by atoms with Gasteiger partial charge in [0.1, 0.15) is 6.61 Å². The fourth-order valence-electron chi connectivity index (χ4n) is 1.67. The van der Waals surface area contributed by atoms with Crippen molar-refractivity contribution < 1.29 is 4.74 Å². The van der Waals surface area contributed by atoms with Crippen molar-refractivity contribution in [1.29, 1.82) is 0 Å². The molecular weight excluding hydrogens is 228 g/mol. The molecule has 0 spiro atoms. The van der Waals surface area contributed by atoms with Gasteiger partial charge in [-0.2, -0.15) is 10.2 Å². The van der Waals surface area contributed by atoms with E-state index in [1.807, 2.05) is 27.8 Å². The molecule has 0 fully saturated rings. The maximum absolute atomic E-state index is 5.65. The summed E-state index contributed by atoms with van der Waals surface area (Å²) in [6.45, 7) is 7.74. The molecule has 0 N–H and O–H groups in total. The van der Waals surface area contributed by atoms with Crippen LogP contribution in [0, 0.1) is 0 Å². The fraction of sp³-hybridized carbons (Fsp3) is 0.538. The highest BCUT2D eigenvalue weighted by atomic mass is 16.5. The average Bonchev–Trinajstić information content (AvgIpc) is 2.95. The van der Waals surface area contributed by atoms with Crippen molar-refractivity contribution in [2.45, 2.75) is 46.4 Å². The topological polar surface area (TPSA) is 44.9 Å². The van der Waals surface area contributed by atoms with Crippen LogP contribution in [0.3, 0.4) is 0 Å². The number of ether oxygens (including phenoxy) is 1. The molecule has 98 valence electrons.